The van der Waals surface area contributed by atoms with E-state index in [1.807, 2.05) is 37.3 Å². The van der Waals surface area contributed by atoms with Crippen LogP contribution in [0.15, 0.2) is 36.5 Å². The van der Waals surface area contributed by atoms with Crippen LogP contribution in [0.1, 0.15) is 32.4 Å². The maximum Gasteiger partial charge on any atom is 0.154 e. The molecule has 0 bridgehead atoms. The molecule has 4 nitrogen and oxygen atoms in total. The Morgan fingerprint density at radius 3 is 2.57 bits per heavy atom. The van der Waals surface area contributed by atoms with Crippen LogP contribution in [0.4, 0.5) is 0 Å². The summed E-state index contributed by atoms with van der Waals surface area (Å²) in [5, 5.41) is 4.31. The van der Waals surface area contributed by atoms with E-state index in [1.165, 1.54) is 6.26 Å². The molecule has 0 saturated carbocycles. The molecule has 0 saturated heterocycles. The molecule has 0 amide bonds. The van der Waals surface area contributed by atoms with Gasteiger partial charge in [-0.15, -0.1) is 0 Å². The third kappa shape index (κ3) is 3.09. The van der Waals surface area contributed by atoms with E-state index in [-0.39, 0.29) is 6.04 Å². The van der Waals surface area contributed by atoms with Crippen molar-refractivity contribution in [3.8, 4) is 0 Å². The highest BCUT2D eigenvalue weighted by molar-refractivity contribution is 7.92. The lowest BCUT2D eigenvalue weighted by molar-refractivity contribution is 0.428. The maximum absolute atomic E-state index is 12.1. The van der Waals surface area contributed by atoms with Crippen LogP contribution in [0, 0.1) is 0 Å². The number of para-hydroxylation sites is 1. The van der Waals surface area contributed by atoms with Gasteiger partial charge in [0.1, 0.15) is 0 Å². The molecule has 0 fully saturated rings. The van der Waals surface area contributed by atoms with Gasteiger partial charge in [0, 0.05) is 17.8 Å². The van der Waals surface area contributed by atoms with Crippen molar-refractivity contribution in [3.63, 3.8) is 0 Å². The van der Waals surface area contributed by atoms with Crippen molar-refractivity contribution >= 4 is 20.7 Å². The van der Waals surface area contributed by atoms with Crippen molar-refractivity contribution in [1.29, 1.82) is 0 Å². The molecule has 1 aromatic carbocycles. The fourth-order valence-electron chi connectivity index (χ4n) is 2.43. The van der Waals surface area contributed by atoms with Gasteiger partial charge in [-0.25, -0.2) is 8.42 Å². The SMILES string of the molecule is CCNC(c1cnc2ccccc2c1)C(C)(C)S(C)(=O)=O. The Hall–Kier alpha value is -1.46. The Morgan fingerprint density at radius 2 is 1.95 bits per heavy atom. The van der Waals surface area contributed by atoms with Crippen molar-refractivity contribution < 1.29 is 8.42 Å². The predicted octanol–water partition coefficient (Wildman–Crippen LogP) is 2.71. The molecule has 21 heavy (non-hydrogen) atoms. The van der Waals surface area contributed by atoms with Gasteiger partial charge in [0.25, 0.3) is 0 Å². The zero-order chi connectivity index (χ0) is 15.7. The normalized spacial score (nSPS) is 14.3. The van der Waals surface area contributed by atoms with Crippen LogP contribution in [-0.2, 0) is 9.84 Å². The van der Waals surface area contributed by atoms with Gasteiger partial charge < -0.3 is 5.32 Å². The smallest absolute Gasteiger partial charge is 0.154 e. The van der Waals surface area contributed by atoms with E-state index in [1.54, 1.807) is 20.0 Å². The van der Waals surface area contributed by atoms with Crippen LogP contribution in [0.2, 0.25) is 0 Å². The van der Waals surface area contributed by atoms with Crippen molar-refractivity contribution in [2.45, 2.75) is 31.6 Å². The van der Waals surface area contributed by atoms with Gasteiger partial charge >= 0.3 is 0 Å². The first kappa shape index (κ1) is 15.9. The number of aromatic nitrogens is 1. The third-order valence-corrected chi connectivity index (χ3v) is 6.15. The van der Waals surface area contributed by atoms with E-state index in [0.29, 0.717) is 6.54 Å². The Kier molecular flexibility index (Phi) is 4.35. The average Bonchev–Trinajstić information content (AvgIpc) is 2.43. The van der Waals surface area contributed by atoms with E-state index in [0.717, 1.165) is 16.5 Å². The van der Waals surface area contributed by atoms with E-state index in [9.17, 15) is 8.42 Å². The molecule has 2 aromatic rings. The standard InChI is InChI=1S/C16H22N2O2S/c1-5-17-15(16(2,3)21(4,19)20)13-10-12-8-6-7-9-14(12)18-11-13/h6-11,15,17H,5H2,1-4H3. The van der Waals surface area contributed by atoms with Gasteiger partial charge in [-0.05, 0) is 38.1 Å². The lowest BCUT2D eigenvalue weighted by Gasteiger charge is -2.33. The van der Waals surface area contributed by atoms with Crippen LogP contribution in [0.3, 0.4) is 0 Å². The molecule has 1 unspecified atom stereocenters. The van der Waals surface area contributed by atoms with Gasteiger partial charge in [0.15, 0.2) is 9.84 Å². The van der Waals surface area contributed by atoms with Crippen LogP contribution in [0.5, 0.6) is 0 Å². The number of sulfone groups is 1. The molecule has 0 spiro atoms. The number of benzene rings is 1. The number of hydrogen-bond donors (Lipinski definition) is 1. The Morgan fingerprint density at radius 1 is 1.29 bits per heavy atom. The first-order chi connectivity index (χ1) is 9.77. The van der Waals surface area contributed by atoms with Crippen molar-refractivity contribution in [1.82, 2.24) is 10.3 Å². The van der Waals surface area contributed by atoms with Gasteiger partial charge in [-0.1, -0.05) is 25.1 Å². The highest BCUT2D eigenvalue weighted by Crippen LogP contribution is 2.32. The Bertz CT molecular complexity index is 739. The highest BCUT2D eigenvalue weighted by atomic mass is 32.2. The summed E-state index contributed by atoms with van der Waals surface area (Å²) >= 11 is 0. The fraction of sp³-hybridized carbons (Fsp3) is 0.438. The van der Waals surface area contributed by atoms with Crippen LogP contribution >= 0.6 is 0 Å². The summed E-state index contributed by atoms with van der Waals surface area (Å²) in [5.74, 6) is 0. The van der Waals surface area contributed by atoms with Crippen LogP contribution < -0.4 is 5.32 Å². The monoisotopic (exact) mass is 306 g/mol. The molecule has 1 heterocycles. The summed E-state index contributed by atoms with van der Waals surface area (Å²) < 4.78 is 23.4. The molecule has 114 valence electrons. The van der Waals surface area contributed by atoms with Crippen LogP contribution in [0.25, 0.3) is 10.9 Å². The second-order valence-corrected chi connectivity index (χ2v) is 8.42. The van der Waals surface area contributed by atoms with Gasteiger partial charge in [0.05, 0.1) is 16.3 Å². The second-order valence-electron chi connectivity index (χ2n) is 5.83. The zero-order valence-corrected chi connectivity index (χ0v) is 13.7. The first-order valence-corrected chi connectivity index (χ1v) is 8.94. The number of pyridine rings is 1. The highest BCUT2D eigenvalue weighted by Gasteiger charge is 2.39. The molecular formula is C16H22N2O2S. The first-order valence-electron chi connectivity index (χ1n) is 7.05. The minimum atomic E-state index is -3.22. The van der Waals surface area contributed by atoms with Gasteiger partial charge in [-0.3, -0.25) is 4.98 Å². The molecule has 5 heteroatoms. The summed E-state index contributed by atoms with van der Waals surface area (Å²) in [6.45, 7) is 6.17. The number of rotatable bonds is 5. The number of nitrogens with one attached hydrogen (secondary N) is 1. The van der Waals surface area contributed by atoms with Crippen molar-refractivity contribution in [2.24, 2.45) is 0 Å². The molecular weight excluding hydrogens is 284 g/mol. The molecule has 1 atom stereocenters. The van der Waals surface area contributed by atoms with E-state index in [2.05, 4.69) is 10.3 Å². The minimum Gasteiger partial charge on any atom is -0.309 e. The predicted molar refractivity (Wildman–Crippen MR) is 87.1 cm³/mol. The molecule has 0 radical (unpaired) electrons. The largest absolute Gasteiger partial charge is 0.309 e. The third-order valence-electron chi connectivity index (χ3n) is 4.00. The zero-order valence-electron chi connectivity index (χ0n) is 12.9. The summed E-state index contributed by atoms with van der Waals surface area (Å²) in [6, 6.07) is 9.55. The number of nitrogens with zero attached hydrogens (tertiary/aromatic N) is 1. The number of fused-ring (bicyclic) bond motifs is 1. The summed E-state index contributed by atoms with van der Waals surface area (Å²) in [4.78, 5) is 4.45. The minimum absolute atomic E-state index is 0.297. The van der Waals surface area contributed by atoms with Crippen molar-refractivity contribution in [2.75, 3.05) is 12.8 Å². The van der Waals surface area contributed by atoms with E-state index < -0.39 is 14.6 Å². The van der Waals surface area contributed by atoms with E-state index >= 15 is 0 Å². The summed E-state index contributed by atoms with van der Waals surface area (Å²) in [5.41, 5.74) is 1.81. The Balaban J connectivity index is 2.55. The fourth-order valence-corrected chi connectivity index (χ4v) is 3.08. The maximum atomic E-state index is 12.1. The summed E-state index contributed by atoms with van der Waals surface area (Å²) in [6.07, 6.45) is 3.05. The Labute approximate surface area is 126 Å². The molecule has 0 aliphatic heterocycles. The topological polar surface area (TPSA) is 59.1 Å². The van der Waals surface area contributed by atoms with Gasteiger partial charge in [-0.2, -0.15) is 0 Å². The lowest BCUT2D eigenvalue weighted by Crippen LogP contribution is -2.45. The molecule has 1 N–H and O–H groups in total. The molecule has 1 aromatic heterocycles. The molecule has 0 aliphatic rings. The average molecular weight is 306 g/mol. The second kappa shape index (κ2) is 5.73. The molecule has 0 aliphatic carbocycles. The lowest BCUT2D eigenvalue weighted by atomic mass is 9.95. The quantitative estimate of drug-likeness (QED) is 0.922. The number of hydrogen-bond acceptors (Lipinski definition) is 4. The summed E-state index contributed by atoms with van der Waals surface area (Å²) in [7, 11) is -3.22. The van der Waals surface area contributed by atoms with Crippen LogP contribution in [-0.4, -0.2) is 30.9 Å². The van der Waals surface area contributed by atoms with E-state index in [4.69, 9.17) is 0 Å². The van der Waals surface area contributed by atoms with Crippen molar-refractivity contribution in [3.05, 3.63) is 42.1 Å². The molecule has 2 rings (SSSR count). The van der Waals surface area contributed by atoms with Gasteiger partial charge in [0.2, 0.25) is 0 Å².